The van der Waals surface area contributed by atoms with Gasteiger partial charge in [-0.1, -0.05) is 0 Å². The minimum absolute atomic E-state index is 0.0618. The Morgan fingerprint density at radius 2 is 1.75 bits per heavy atom. The third-order valence-corrected chi connectivity index (χ3v) is 2.89. The van der Waals surface area contributed by atoms with Crippen molar-refractivity contribution in [1.82, 2.24) is 19.5 Å². The van der Waals surface area contributed by atoms with Gasteiger partial charge in [0.05, 0.1) is 0 Å². The number of hydrogen-bond acceptors (Lipinski definition) is 3. The van der Waals surface area contributed by atoms with Crippen LogP contribution < -0.4 is 11.2 Å². The highest BCUT2D eigenvalue weighted by atomic mass is 19.1. The van der Waals surface area contributed by atoms with Crippen LogP contribution in [-0.4, -0.2) is 19.5 Å². The van der Waals surface area contributed by atoms with Crippen molar-refractivity contribution < 1.29 is 8.78 Å². The van der Waals surface area contributed by atoms with Gasteiger partial charge in [-0.05, 0) is 12.1 Å². The van der Waals surface area contributed by atoms with Gasteiger partial charge >= 0.3 is 5.69 Å². The zero-order valence-electron chi connectivity index (χ0n) is 10.2. The minimum Gasteiger partial charge on any atom is -0.332 e. The summed E-state index contributed by atoms with van der Waals surface area (Å²) in [4.78, 5) is 31.9. The van der Waals surface area contributed by atoms with E-state index in [1.54, 1.807) is 0 Å². The molecule has 8 heteroatoms. The van der Waals surface area contributed by atoms with Crippen molar-refractivity contribution in [3.8, 4) is 11.4 Å². The molecule has 0 bridgehead atoms. The molecule has 3 rings (SSSR count). The number of halogens is 2. The van der Waals surface area contributed by atoms with Crippen LogP contribution in [0.5, 0.6) is 0 Å². The van der Waals surface area contributed by atoms with Gasteiger partial charge in [-0.15, -0.1) is 0 Å². The highest BCUT2D eigenvalue weighted by Gasteiger charge is 2.13. The molecule has 2 heterocycles. The van der Waals surface area contributed by atoms with E-state index in [2.05, 4.69) is 15.0 Å². The van der Waals surface area contributed by atoms with Crippen LogP contribution in [0, 0.1) is 11.6 Å². The molecule has 0 aliphatic heterocycles. The second-order valence-corrected chi connectivity index (χ2v) is 4.26. The molecule has 0 atom stereocenters. The number of benzene rings is 1. The summed E-state index contributed by atoms with van der Waals surface area (Å²) in [7, 11) is 1.43. The van der Waals surface area contributed by atoms with E-state index in [0.29, 0.717) is 0 Å². The number of rotatable bonds is 1. The Kier molecular flexibility index (Phi) is 2.53. The maximum absolute atomic E-state index is 13.2. The Morgan fingerprint density at radius 1 is 1.10 bits per heavy atom. The summed E-state index contributed by atoms with van der Waals surface area (Å²) in [5, 5.41) is 0. The zero-order valence-corrected chi connectivity index (χ0v) is 10.2. The summed E-state index contributed by atoms with van der Waals surface area (Å²) in [6.07, 6.45) is 0. The SMILES string of the molecule is Cn1c(=O)[nH]c(=O)c2[nH]c(-c3cc(F)cc(F)c3)nc21. The average Bonchev–Trinajstić information content (AvgIpc) is 2.80. The Bertz CT molecular complexity index is 919. The van der Waals surface area contributed by atoms with Crippen LogP contribution in [0.25, 0.3) is 22.6 Å². The number of nitrogens with zero attached hydrogens (tertiary/aromatic N) is 2. The Balaban J connectivity index is 2.33. The fourth-order valence-corrected chi connectivity index (χ4v) is 1.93. The summed E-state index contributed by atoms with van der Waals surface area (Å²) < 4.78 is 27.5. The van der Waals surface area contributed by atoms with Crippen molar-refractivity contribution in [3.05, 3.63) is 50.7 Å². The van der Waals surface area contributed by atoms with Crippen molar-refractivity contribution in [1.29, 1.82) is 0 Å². The third kappa shape index (κ3) is 1.81. The number of aromatic amines is 2. The second-order valence-electron chi connectivity index (χ2n) is 4.26. The molecule has 0 amide bonds. The predicted molar refractivity (Wildman–Crippen MR) is 67.3 cm³/mol. The topological polar surface area (TPSA) is 83.5 Å². The first-order chi connectivity index (χ1) is 9.45. The fourth-order valence-electron chi connectivity index (χ4n) is 1.93. The zero-order chi connectivity index (χ0) is 14.4. The van der Waals surface area contributed by atoms with Gasteiger partial charge in [-0.3, -0.25) is 14.3 Å². The van der Waals surface area contributed by atoms with Gasteiger partial charge in [0, 0.05) is 18.7 Å². The van der Waals surface area contributed by atoms with E-state index in [4.69, 9.17) is 0 Å². The number of imidazole rings is 1. The largest absolute Gasteiger partial charge is 0.332 e. The number of aromatic nitrogens is 4. The summed E-state index contributed by atoms with van der Waals surface area (Å²) in [5.41, 5.74) is -0.944. The van der Waals surface area contributed by atoms with Gasteiger partial charge in [-0.2, -0.15) is 0 Å². The number of aryl methyl sites for hydroxylation is 1. The van der Waals surface area contributed by atoms with Gasteiger partial charge < -0.3 is 4.98 Å². The molecule has 0 aliphatic carbocycles. The van der Waals surface area contributed by atoms with Gasteiger partial charge in [0.15, 0.2) is 5.65 Å². The molecular weight excluding hydrogens is 270 g/mol. The predicted octanol–water partition coefficient (Wildman–Crippen LogP) is 0.895. The average molecular weight is 278 g/mol. The molecule has 0 unspecified atom stereocenters. The molecule has 0 saturated carbocycles. The molecule has 0 fully saturated rings. The van der Waals surface area contributed by atoms with E-state index in [9.17, 15) is 18.4 Å². The third-order valence-electron chi connectivity index (χ3n) is 2.89. The second kappa shape index (κ2) is 4.12. The maximum Gasteiger partial charge on any atom is 0.329 e. The Labute approximate surface area is 109 Å². The minimum atomic E-state index is -0.761. The molecule has 20 heavy (non-hydrogen) atoms. The van der Waals surface area contributed by atoms with E-state index in [-0.39, 0.29) is 22.6 Å². The lowest BCUT2D eigenvalue weighted by Crippen LogP contribution is -2.28. The van der Waals surface area contributed by atoms with E-state index in [1.807, 2.05) is 0 Å². The number of nitrogens with one attached hydrogen (secondary N) is 2. The van der Waals surface area contributed by atoms with Gasteiger partial charge in [0.25, 0.3) is 5.56 Å². The van der Waals surface area contributed by atoms with Crippen LogP contribution in [0.3, 0.4) is 0 Å². The first kappa shape index (κ1) is 12.3. The lowest BCUT2D eigenvalue weighted by Gasteiger charge is -1.97. The van der Waals surface area contributed by atoms with E-state index >= 15 is 0 Å². The van der Waals surface area contributed by atoms with Gasteiger partial charge in [-0.25, -0.2) is 18.6 Å². The molecule has 3 aromatic rings. The molecule has 2 aromatic heterocycles. The lowest BCUT2D eigenvalue weighted by atomic mass is 10.2. The van der Waals surface area contributed by atoms with Crippen molar-refractivity contribution in [2.24, 2.45) is 7.05 Å². The number of fused-ring (bicyclic) bond motifs is 1. The van der Waals surface area contributed by atoms with Crippen LogP contribution in [0.4, 0.5) is 8.78 Å². The molecular formula is C12H8F2N4O2. The molecule has 102 valence electrons. The summed E-state index contributed by atoms with van der Waals surface area (Å²) in [6.45, 7) is 0. The highest BCUT2D eigenvalue weighted by Crippen LogP contribution is 2.20. The van der Waals surface area contributed by atoms with E-state index in [0.717, 1.165) is 22.8 Å². The molecule has 1 aromatic carbocycles. The molecule has 0 saturated heterocycles. The fraction of sp³-hybridized carbons (Fsp3) is 0.0833. The van der Waals surface area contributed by atoms with Crippen molar-refractivity contribution in [2.45, 2.75) is 0 Å². The van der Waals surface area contributed by atoms with Crippen LogP contribution in [0.15, 0.2) is 27.8 Å². The smallest absolute Gasteiger partial charge is 0.329 e. The Morgan fingerprint density at radius 3 is 2.40 bits per heavy atom. The quantitative estimate of drug-likeness (QED) is 0.693. The molecule has 0 spiro atoms. The summed E-state index contributed by atoms with van der Waals surface area (Å²) >= 11 is 0. The van der Waals surface area contributed by atoms with Crippen LogP contribution in [0.1, 0.15) is 0 Å². The van der Waals surface area contributed by atoms with Crippen LogP contribution in [0.2, 0.25) is 0 Å². The molecule has 0 aliphatic rings. The van der Waals surface area contributed by atoms with Crippen molar-refractivity contribution in [3.63, 3.8) is 0 Å². The first-order valence-corrected chi connectivity index (χ1v) is 5.61. The van der Waals surface area contributed by atoms with E-state index in [1.165, 1.54) is 7.05 Å². The standard InChI is InChI=1S/C12H8F2N4O2/c1-18-10-8(11(19)17-12(18)20)15-9(16-10)5-2-6(13)4-7(14)3-5/h2-4H,1H3,(H,15,16)(H,17,19,20). The summed E-state index contributed by atoms with van der Waals surface area (Å²) in [6, 6.07) is 2.88. The molecule has 2 N–H and O–H groups in total. The Hall–Kier alpha value is -2.77. The van der Waals surface area contributed by atoms with Crippen molar-refractivity contribution >= 4 is 11.2 Å². The first-order valence-electron chi connectivity index (χ1n) is 5.61. The maximum atomic E-state index is 13.2. The van der Waals surface area contributed by atoms with Gasteiger partial charge in [0.1, 0.15) is 23.0 Å². The van der Waals surface area contributed by atoms with E-state index < -0.39 is 22.9 Å². The van der Waals surface area contributed by atoms with Crippen molar-refractivity contribution in [2.75, 3.05) is 0 Å². The van der Waals surface area contributed by atoms with Crippen LogP contribution in [-0.2, 0) is 7.05 Å². The van der Waals surface area contributed by atoms with Crippen LogP contribution >= 0.6 is 0 Å². The lowest BCUT2D eigenvalue weighted by molar-refractivity contribution is 0.584. The van der Waals surface area contributed by atoms with Gasteiger partial charge in [0.2, 0.25) is 0 Å². The molecule has 0 radical (unpaired) electrons. The normalized spacial score (nSPS) is 11.2. The highest BCUT2D eigenvalue weighted by molar-refractivity contribution is 5.75. The summed E-state index contributed by atoms with van der Waals surface area (Å²) in [5.74, 6) is -1.42. The molecule has 6 nitrogen and oxygen atoms in total. The number of H-pyrrole nitrogens is 2. The monoisotopic (exact) mass is 278 g/mol. The number of hydrogen-bond donors (Lipinski definition) is 2.